The van der Waals surface area contributed by atoms with Gasteiger partial charge in [-0.2, -0.15) is 0 Å². The van der Waals surface area contributed by atoms with Crippen molar-refractivity contribution in [3.63, 3.8) is 0 Å². The summed E-state index contributed by atoms with van der Waals surface area (Å²) in [5.74, 6) is 0.803. The molecule has 1 heterocycles. The zero-order valence-electron chi connectivity index (χ0n) is 14.0. The van der Waals surface area contributed by atoms with Gasteiger partial charge in [0.2, 0.25) is 0 Å². The number of likely N-dealkylation sites (tertiary alicyclic amines) is 1. The second-order valence-electron chi connectivity index (χ2n) is 6.59. The predicted molar refractivity (Wildman–Crippen MR) is 107 cm³/mol. The van der Waals surface area contributed by atoms with Gasteiger partial charge in [0.1, 0.15) is 0 Å². The zero-order valence-corrected chi connectivity index (χ0v) is 16.1. The van der Waals surface area contributed by atoms with E-state index in [4.69, 9.17) is 0 Å². The molecule has 1 amide bonds. The Bertz CT molecular complexity index is 691. The number of rotatable bonds is 4. The summed E-state index contributed by atoms with van der Waals surface area (Å²) in [7, 11) is 0. The smallest absolute Gasteiger partial charge is 0.256 e. The molecule has 1 fully saturated rings. The van der Waals surface area contributed by atoms with Crippen LogP contribution in [0, 0.1) is 9.49 Å². The molecule has 1 saturated heterocycles. The Kier molecular flexibility index (Phi) is 5.89. The minimum absolute atomic E-state index is 0.0576. The molecule has 1 aliphatic heterocycles. The van der Waals surface area contributed by atoms with Gasteiger partial charge in [-0.1, -0.05) is 31.2 Å². The number of piperidine rings is 1. The average Bonchev–Trinajstić information content (AvgIpc) is 2.59. The van der Waals surface area contributed by atoms with Crippen LogP contribution in [0.1, 0.15) is 35.7 Å². The molecular formula is C20H23IN2O. The maximum atomic E-state index is 12.3. The number of nitrogens with one attached hydrogen (secondary N) is 1. The lowest BCUT2D eigenvalue weighted by molar-refractivity contribution is 0.102. The third-order valence-electron chi connectivity index (χ3n) is 4.61. The maximum absolute atomic E-state index is 12.3. The number of carbonyl (C=O) groups is 1. The fourth-order valence-electron chi connectivity index (χ4n) is 3.02. The Hall–Kier alpha value is -1.40. The molecule has 4 heteroatoms. The van der Waals surface area contributed by atoms with Crippen LogP contribution in [0.3, 0.4) is 0 Å². The van der Waals surface area contributed by atoms with Crippen LogP contribution in [-0.2, 0) is 6.54 Å². The third kappa shape index (κ3) is 4.57. The summed E-state index contributed by atoms with van der Waals surface area (Å²) >= 11 is 2.19. The van der Waals surface area contributed by atoms with Gasteiger partial charge in [-0.05, 0) is 84.3 Å². The summed E-state index contributed by atoms with van der Waals surface area (Å²) in [6.45, 7) is 5.71. The van der Waals surface area contributed by atoms with E-state index >= 15 is 0 Å². The van der Waals surface area contributed by atoms with E-state index in [0.717, 1.165) is 21.7 Å². The predicted octanol–water partition coefficient (Wildman–Crippen LogP) is 4.78. The van der Waals surface area contributed by atoms with Crippen LogP contribution in [0.5, 0.6) is 0 Å². The lowest BCUT2D eigenvalue weighted by Gasteiger charge is -2.30. The van der Waals surface area contributed by atoms with E-state index in [1.165, 1.54) is 31.5 Å². The molecule has 24 heavy (non-hydrogen) atoms. The number of benzene rings is 2. The van der Waals surface area contributed by atoms with Gasteiger partial charge < -0.3 is 5.32 Å². The van der Waals surface area contributed by atoms with E-state index in [1.54, 1.807) is 0 Å². The monoisotopic (exact) mass is 434 g/mol. The summed E-state index contributed by atoms with van der Waals surface area (Å²) in [5.41, 5.74) is 2.86. The molecular weight excluding hydrogens is 411 g/mol. The van der Waals surface area contributed by atoms with E-state index in [9.17, 15) is 4.79 Å². The second-order valence-corrected chi connectivity index (χ2v) is 7.75. The summed E-state index contributed by atoms with van der Waals surface area (Å²) in [5, 5.41) is 2.98. The maximum Gasteiger partial charge on any atom is 0.256 e. The first-order valence-electron chi connectivity index (χ1n) is 8.49. The van der Waals surface area contributed by atoms with Crippen molar-refractivity contribution in [2.24, 2.45) is 5.92 Å². The molecule has 126 valence electrons. The molecule has 0 spiro atoms. The van der Waals surface area contributed by atoms with Gasteiger partial charge in [0.05, 0.1) is 5.56 Å². The van der Waals surface area contributed by atoms with Crippen LogP contribution in [-0.4, -0.2) is 23.9 Å². The van der Waals surface area contributed by atoms with E-state index in [2.05, 4.69) is 51.9 Å². The fourth-order valence-corrected chi connectivity index (χ4v) is 3.65. The van der Waals surface area contributed by atoms with Gasteiger partial charge in [0.25, 0.3) is 5.91 Å². The van der Waals surface area contributed by atoms with Gasteiger partial charge in [-0.25, -0.2) is 0 Å². The Morgan fingerprint density at radius 3 is 2.46 bits per heavy atom. The second kappa shape index (κ2) is 8.12. The topological polar surface area (TPSA) is 32.3 Å². The lowest BCUT2D eigenvalue weighted by atomic mass is 9.99. The first kappa shape index (κ1) is 17.4. The van der Waals surface area contributed by atoms with E-state index < -0.39 is 0 Å². The van der Waals surface area contributed by atoms with Crippen LogP contribution in [0.25, 0.3) is 0 Å². The highest BCUT2D eigenvalue weighted by Gasteiger charge is 2.15. The van der Waals surface area contributed by atoms with Crippen LogP contribution in [0.15, 0.2) is 48.5 Å². The van der Waals surface area contributed by atoms with Crippen LogP contribution in [0.2, 0.25) is 0 Å². The SMILES string of the molecule is CC1CCN(Cc2ccc(NC(=O)c3ccccc3I)cc2)CC1. The quantitative estimate of drug-likeness (QED) is 0.703. The lowest BCUT2D eigenvalue weighted by Crippen LogP contribution is -2.32. The molecule has 1 N–H and O–H groups in total. The number of carbonyl (C=O) groups excluding carboxylic acids is 1. The van der Waals surface area contributed by atoms with E-state index in [1.807, 2.05) is 36.4 Å². The number of hydrogen-bond donors (Lipinski definition) is 1. The molecule has 0 unspecified atom stereocenters. The number of hydrogen-bond acceptors (Lipinski definition) is 2. The Labute approximate surface area is 157 Å². The average molecular weight is 434 g/mol. The van der Waals surface area contributed by atoms with Gasteiger partial charge in [-0.15, -0.1) is 0 Å². The van der Waals surface area contributed by atoms with E-state index in [0.29, 0.717) is 5.56 Å². The summed E-state index contributed by atoms with van der Waals surface area (Å²) < 4.78 is 0.962. The molecule has 3 rings (SSSR count). The molecule has 0 saturated carbocycles. The minimum atomic E-state index is -0.0576. The number of anilines is 1. The van der Waals surface area contributed by atoms with Gasteiger partial charge in [0, 0.05) is 15.8 Å². The zero-order chi connectivity index (χ0) is 16.9. The molecule has 1 aliphatic rings. The molecule has 0 radical (unpaired) electrons. The summed E-state index contributed by atoms with van der Waals surface area (Å²) in [6.07, 6.45) is 2.59. The molecule has 2 aromatic carbocycles. The first-order chi connectivity index (χ1) is 11.6. The Morgan fingerprint density at radius 2 is 1.79 bits per heavy atom. The highest BCUT2D eigenvalue weighted by atomic mass is 127. The van der Waals surface area contributed by atoms with Crippen molar-refractivity contribution >= 4 is 34.2 Å². The highest BCUT2D eigenvalue weighted by Crippen LogP contribution is 2.19. The van der Waals surface area contributed by atoms with Crippen molar-refractivity contribution in [2.75, 3.05) is 18.4 Å². The standard InChI is InChI=1S/C20H23IN2O/c1-15-10-12-23(13-11-15)14-16-6-8-17(9-7-16)22-20(24)18-4-2-3-5-19(18)21/h2-9,15H,10-14H2,1H3,(H,22,24). The molecule has 0 aromatic heterocycles. The van der Waals surface area contributed by atoms with Crippen LogP contribution >= 0.6 is 22.6 Å². The van der Waals surface area contributed by atoms with Crippen molar-refractivity contribution in [3.05, 3.63) is 63.2 Å². The molecule has 2 aromatic rings. The third-order valence-corrected chi connectivity index (χ3v) is 5.55. The molecule has 0 bridgehead atoms. The molecule has 0 atom stereocenters. The minimum Gasteiger partial charge on any atom is -0.322 e. The largest absolute Gasteiger partial charge is 0.322 e. The number of halogens is 1. The number of amides is 1. The normalized spacial score (nSPS) is 16.1. The first-order valence-corrected chi connectivity index (χ1v) is 9.57. The molecule has 0 aliphatic carbocycles. The Balaban J connectivity index is 1.58. The van der Waals surface area contributed by atoms with Crippen molar-refractivity contribution in [1.82, 2.24) is 4.90 Å². The van der Waals surface area contributed by atoms with Crippen LogP contribution < -0.4 is 5.32 Å². The van der Waals surface area contributed by atoms with Gasteiger partial charge >= 0.3 is 0 Å². The van der Waals surface area contributed by atoms with Crippen molar-refractivity contribution in [3.8, 4) is 0 Å². The Morgan fingerprint density at radius 1 is 1.12 bits per heavy atom. The van der Waals surface area contributed by atoms with Gasteiger partial charge in [0.15, 0.2) is 0 Å². The van der Waals surface area contributed by atoms with Crippen molar-refractivity contribution < 1.29 is 4.79 Å². The van der Waals surface area contributed by atoms with Crippen molar-refractivity contribution in [2.45, 2.75) is 26.3 Å². The van der Waals surface area contributed by atoms with E-state index in [-0.39, 0.29) is 5.91 Å². The highest BCUT2D eigenvalue weighted by molar-refractivity contribution is 14.1. The van der Waals surface area contributed by atoms with Crippen molar-refractivity contribution in [1.29, 1.82) is 0 Å². The summed E-state index contributed by atoms with van der Waals surface area (Å²) in [4.78, 5) is 14.9. The fraction of sp³-hybridized carbons (Fsp3) is 0.350. The van der Waals surface area contributed by atoms with Gasteiger partial charge in [-0.3, -0.25) is 9.69 Å². The number of nitrogens with zero attached hydrogens (tertiary/aromatic N) is 1. The van der Waals surface area contributed by atoms with Crippen LogP contribution in [0.4, 0.5) is 5.69 Å². The molecule has 3 nitrogen and oxygen atoms in total. The summed E-state index contributed by atoms with van der Waals surface area (Å²) in [6, 6.07) is 15.8.